The van der Waals surface area contributed by atoms with Crippen LogP contribution in [0.5, 0.6) is 0 Å². The summed E-state index contributed by atoms with van der Waals surface area (Å²) in [6.07, 6.45) is 2.03. The van der Waals surface area contributed by atoms with Crippen LogP contribution in [0.3, 0.4) is 0 Å². The molecule has 0 saturated heterocycles. The fraction of sp³-hybridized carbons (Fsp3) is 0.133. The number of nitrogens with zero attached hydrogens (tertiary/aromatic N) is 1. The number of halogens is 1. The van der Waals surface area contributed by atoms with E-state index in [1.54, 1.807) is 0 Å². The van der Waals surface area contributed by atoms with E-state index in [4.69, 9.17) is 17.4 Å². The number of aryl methyl sites for hydroxylation is 1. The van der Waals surface area contributed by atoms with Crippen molar-refractivity contribution in [3.63, 3.8) is 0 Å². The van der Waals surface area contributed by atoms with Crippen LogP contribution < -0.4 is 11.3 Å². The zero-order chi connectivity index (χ0) is 15.0. The lowest BCUT2D eigenvalue weighted by molar-refractivity contribution is 0.0957. The number of hydrogen-bond acceptors (Lipinski definition) is 3. The molecule has 2 heterocycles. The van der Waals surface area contributed by atoms with Crippen LogP contribution in [0.25, 0.3) is 10.9 Å². The number of amides is 1. The van der Waals surface area contributed by atoms with Gasteiger partial charge in [-0.15, -0.1) is 11.3 Å². The largest absolute Gasteiger partial charge is 0.343 e. The van der Waals surface area contributed by atoms with E-state index in [9.17, 15) is 4.79 Å². The van der Waals surface area contributed by atoms with Crippen molar-refractivity contribution < 1.29 is 4.79 Å². The molecule has 2 aromatic heterocycles. The summed E-state index contributed by atoms with van der Waals surface area (Å²) in [7, 11) is 0. The highest BCUT2D eigenvalue weighted by molar-refractivity contribution is 7.14. The molecular weight excluding hydrogens is 306 g/mol. The summed E-state index contributed by atoms with van der Waals surface area (Å²) in [6, 6.07) is 9.78. The molecule has 0 aliphatic carbocycles. The number of hydrazine groups is 1. The number of nitrogens with two attached hydrogens (primary N) is 1. The van der Waals surface area contributed by atoms with Gasteiger partial charge in [-0.05, 0) is 42.1 Å². The third-order valence-corrected chi connectivity index (χ3v) is 4.78. The molecule has 1 amide bonds. The second-order valence-corrected chi connectivity index (χ2v) is 6.51. The Kier molecular flexibility index (Phi) is 3.71. The minimum absolute atomic E-state index is 0.255. The molecular formula is C15H14ClN3OS. The predicted octanol–water partition coefficient (Wildman–Crippen LogP) is 3.32. The van der Waals surface area contributed by atoms with Gasteiger partial charge in [0.05, 0.1) is 4.88 Å². The molecule has 0 saturated carbocycles. The molecule has 3 aromatic rings. The fourth-order valence-electron chi connectivity index (χ4n) is 2.34. The molecule has 0 radical (unpaired) electrons. The number of carbonyl (C=O) groups is 1. The van der Waals surface area contributed by atoms with Gasteiger partial charge in [0.25, 0.3) is 5.91 Å². The summed E-state index contributed by atoms with van der Waals surface area (Å²) in [4.78, 5) is 13.3. The van der Waals surface area contributed by atoms with Crippen molar-refractivity contribution in [2.75, 3.05) is 0 Å². The maximum absolute atomic E-state index is 11.6. The number of hydrogen-bond donors (Lipinski definition) is 2. The lowest BCUT2D eigenvalue weighted by atomic mass is 10.2. The van der Waals surface area contributed by atoms with E-state index in [2.05, 4.69) is 16.1 Å². The first-order chi connectivity index (χ1) is 10.1. The molecule has 108 valence electrons. The van der Waals surface area contributed by atoms with Crippen LogP contribution in [0.1, 0.15) is 20.1 Å². The number of benzene rings is 1. The third kappa shape index (κ3) is 2.68. The van der Waals surface area contributed by atoms with Gasteiger partial charge in [-0.25, -0.2) is 5.84 Å². The van der Waals surface area contributed by atoms with E-state index in [1.165, 1.54) is 11.3 Å². The van der Waals surface area contributed by atoms with Gasteiger partial charge in [-0.1, -0.05) is 17.7 Å². The van der Waals surface area contributed by atoms with Gasteiger partial charge < -0.3 is 4.57 Å². The van der Waals surface area contributed by atoms with Crippen molar-refractivity contribution in [2.45, 2.75) is 13.5 Å². The van der Waals surface area contributed by atoms with Crippen molar-refractivity contribution in [1.29, 1.82) is 0 Å². The van der Waals surface area contributed by atoms with E-state index >= 15 is 0 Å². The molecule has 3 N–H and O–H groups in total. The van der Waals surface area contributed by atoms with Crippen molar-refractivity contribution in [2.24, 2.45) is 5.84 Å². The second-order valence-electron chi connectivity index (χ2n) is 4.81. The van der Waals surface area contributed by atoms with Gasteiger partial charge in [0, 0.05) is 28.2 Å². The lowest BCUT2D eigenvalue weighted by Gasteiger charge is -2.05. The van der Waals surface area contributed by atoms with Crippen molar-refractivity contribution in [3.8, 4) is 0 Å². The van der Waals surface area contributed by atoms with Gasteiger partial charge in [0.15, 0.2) is 0 Å². The number of carbonyl (C=O) groups excluding carboxylic acids is 1. The first kappa shape index (κ1) is 14.1. The Bertz CT molecular complexity index is 822. The van der Waals surface area contributed by atoms with Gasteiger partial charge in [-0.2, -0.15) is 0 Å². The predicted molar refractivity (Wildman–Crippen MR) is 86.8 cm³/mol. The van der Waals surface area contributed by atoms with Crippen LogP contribution >= 0.6 is 22.9 Å². The summed E-state index contributed by atoms with van der Waals surface area (Å²) < 4.78 is 2.13. The Balaban J connectivity index is 1.97. The zero-order valence-electron chi connectivity index (χ0n) is 11.4. The van der Waals surface area contributed by atoms with Crippen molar-refractivity contribution in [3.05, 3.63) is 56.9 Å². The smallest absolute Gasteiger partial charge is 0.275 e. The summed E-state index contributed by atoms with van der Waals surface area (Å²) in [5, 5.41) is 1.86. The SMILES string of the molecule is Cc1sc(C(=O)NN)cc1Cn1ccc2ccc(Cl)cc21. The average molecular weight is 320 g/mol. The Morgan fingerprint density at radius 3 is 2.95 bits per heavy atom. The van der Waals surface area contributed by atoms with E-state index in [0.717, 1.165) is 21.3 Å². The number of nitrogens with one attached hydrogen (secondary N) is 1. The number of rotatable bonds is 3. The quantitative estimate of drug-likeness (QED) is 0.442. The molecule has 0 fully saturated rings. The molecule has 0 atom stereocenters. The van der Waals surface area contributed by atoms with Crippen LogP contribution in [-0.4, -0.2) is 10.5 Å². The van der Waals surface area contributed by atoms with E-state index < -0.39 is 0 Å². The average Bonchev–Trinajstić information content (AvgIpc) is 3.03. The third-order valence-electron chi connectivity index (χ3n) is 3.45. The fourth-order valence-corrected chi connectivity index (χ4v) is 3.44. The molecule has 0 spiro atoms. The van der Waals surface area contributed by atoms with Gasteiger partial charge >= 0.3 is 0 Å². The minimum atomic E-state index is -0.255. The maximum atomic E-state index is 11.6. The van der Waals surface area contributed by atoms with Gasteiger partial charge in [-0.3, -0.25) is 10.2 Å². The second kappa shape index (κ2) is 5.52. The van der Waals surface area contributed by atoms with E-state index in [-0.39, 0.29) is 5.91 Å². The molecule has 0 unspecified atom stereocenters. The number of nitrogen functional groups attached to an aromatic ring is 1. The molecule has 6 heteroatoms. The summed E-state index contributed by atoms with van der Waals surface area (Å²) in [5.41, 5.74) is 4.35. The van der Waals surface area contributed by atoms with E-state index in [1.807, 2.05) is 37.4 Å². The Hall–Kier alpha value is -1.82. The molecule has 0 bridgehead atoms. The molecule has 21 heavy (non-hydrogen) atoms. The number of aromatic nitrogens is 1. The standard InChI is InChI=1S/C15H14ClN3OS/c1-9-11(6-14(21-9)15(20)18-17)8-19-5-4-10-2-3-12(16)7-13(10)19/h2-7H,8,17H2,1H3,(H,18,20). The summed E-state index contributed by atoms with van der Waals surface area (Å²) >= 11 is 7.51. The Morgan fingerprint density at radius 2 is 2.19 bits per heavy atom. The lowest BCUT2D eigenvalue weighted by Crippen LogP contribution is -2.29. The highest BCUT2D eigenvalue weighted by Gasteiger charge is 2.12. The van der Waals surface area contributed by atoms with Gasteiger partial charge in [0.2, 0.25) is 0 Å². The van der Waals surface area contributed by atoms with Crippen LogP contribution in [0.2, 0.25) is 5.02 Å². The highest BCUT2D eigenvalue weighted by Crippen LogP contribution is 2.25. The molecule has 0 aliphatic heterocycles. The number of fused-ring (bicyclic) bond motifs is 1. The normalized spacial score (nSPS) is 11.0. The zero-order valence-corrected chi connectivity index (χ0v) is 13.0. The van der Waals surface area contributed by atoms with Crippen LogP contribution in [0.15, 0.2) is 36.5 Å². The topological polar surface area (TPSA) is 60.1 Å². The van der Waals surface area contributed by atoms with Crippen LogP contribution in [0.4, 0.5) is 0 Å². The molecule has 1 aromatic carbocycles. The molecule has 3 rings (SSSR count). The number of thiophene rings is 1. The highest BCUT2D eigenvalue weighted by atomic mass is 35.5. The van der Waals surface area contributed by atoms with Crippen LogP contribution in [0, 0.1) is 6.92 Å². The van der Waals surface area contributed by atoms with Crippen LogP contribution in [-0.2, 0) is 6.54 Å². The first-order valence-corrected chi connectivity index (χ1v) is 7.62. The first-order valence-electron chi connectivity index (χ1n) is 6.43. The maximum Gasteiger partial charge on any atom is 0.275 e. The van der Waals surface area contributed by atoms with Crippen molar-refractivity contribution >= 4 is 39.7 Å². The van der Waals surface area contributed by atoms with Crippen molar-refractivity contribution in [1.82, 2.24) is 9.99 Å². The Labute approximate surface area is 131 Å². The van der Waals surface area contributed by atoms with Gasteiger partial charge in [0.1, 0.15) is 0 Å². The Morgan fingerprint density at radius 1 is 1.38 bits per heavy atom. The summed E-state index contributed by atoms with van der Waals surface area (Å²) in [5.74, 6) is 4.92. The molecule has 4 nitrogen and oxygen atoms in total. The monoisotopic (exact) mass is 319 g/mol. The van der Waals surface area contributed by atoms with E-state index in [0.29, 0.717) is 16.4 Å². The molecule has 0 aliphatic rings. The minimum Gasteiger partial charge on any atom is -0.343 e. The summed E-state index contributed by atoms with van der Waals surface area (Å²) in [6.45, 7) is 2.70.